The number of rotatable bonds is 4. The number of amides is 1. The van der Waals surface area contributed by atoms with E-state index in [0.29, 0.717) is 17.8 Å². The Kier molecular flexibility index (Phi) is 4.19. The van der Waals surface area contributed by atoms with E-state index in [9.17, 15) is 4.79 Å². The zero-order chi connectivity index (χ0) is 17.9. The van der Waals surface area contributed by atoms with Crippen LogP contribution in [0.3, 0.4) is 0 Å². The van der Waals surface area contributed by atoms with Crippen molar-refractivity contribution < 1.29 is 4.79 Å². The number of hydrogen-bond acceptors (Lipinski definition) is 3. The van der Waals surface area contributed by atoms with Crippen molar-refractivity contribution in [3.63, 3.8) is 0 Å². The van der Waals surface area contributed by atoms with Gasteiger partial charge < -0.3 is 5.32 Å². The van der Waals surface area contributed by atoms with Crippen LogP contribution >= 0.6 is 0 Å². The molecule has 1 amide bonds. The van der Waals surface area contributed by atoms with Crippen molar-refractivity contribution in [3.05, 3.63) is 89.7 Å². The SMILES string of the molecule is Cc1ccc(CNC(=O)c2cnn3c(-c4ccccc4)ccnc23)cc1. The normalized spacial score (nSPS) is 10.8. The lowest BCUT2D eigenvalue weighted by Gasteiger charge is -2.06. The molecule has 0 bridgehead atoms. The third-order valence-electron chi connectivity index (χ3n) is 4.29. The van der Waals surface area contributed by atoms with E-state index >= 15 is 0 Å². The first-order chi connectivity index (χ1) is 12.7. The topological polar surface area (TPSA) is 59.3 Å². The number of benzene rings is 2. The Morgan fingerprint density at radius 1 is 1.04 bits per heavy atom. The van der Waals surface area contributed by atoms with Crippen LogP contribution in [0.1, 0.15) is 21.5 Å². The van der Waals surface area contributed by atoms with Crippen LogP contribution in [-0.2, 0) is 6.54 Å². The van der Waals surface area contributed by atoms with Crippen LogP contribution in [0.15, 0.2) is 73.1 Å². The highest BCUT2D eigenvalue weighted by atomic mass is 16.1. The highest BCUT2D eigenvalue weighted by molar-refractivity contribution is 5.99. The molecule has 0 aliphatic heterocycles. The second-order valence-corrected chi connectivity index (χ2v) is 6.16. The van der Waals surface area contributed by atoms with Crippen LogP contribution in [0, 0.1) is 6.92 Å². The van der Waals surface area contributed by atoms with E-state index in [1.807, 2.05) is 67.6 Å². The van der Waals surface area contributed by atoms with Crippen molar-refractivity contribution in [1.82, 2.24) is 19.9 Å². The molecular formula is C21H18N4O. The van der Waals surface area contributed by atoms with Crippen LogP contribution in [-0.4, -0.2) is 20.5 Å². The number of hydrogen-bond donors (Lipinski definition) is 1. The Bertz CT molecular complexity index is 1050. The van der Waals surface area contributed by atoms with E-state index in [1.54, 1.807) is 16.9 Å². The van der Waals surface area contributed by atoms with Gasteiger partial charge in [0.15, 0.2) is 5.65 Å². The van der Waals surface area contributed by atoms with Gasteiger partial charge in [0.25, 0.3) is 5.91 Å². The molecule has 5 nitrogen and oxygen atoms in total. The smallest absolute Gasteiger partial charge is 0.257 e. The molecule has 0 saturated carbocycles. The van der Waals surface area contributed by atoms with Gasteiger partial charge in [-0.25, -0.2) is 9.50 Å². The number of carbonyl (C=O) groups excluding carboxylic acids is 1. The lowest BCUT2D eigenvalue weighted by Crippen LogP contribution is -2.22. The average Bonchev–Trinajstić information content (AvgIpc) is 3.12. The highest BCUT2D eigenvalue weighted by Gasteiger charge is 2.15. The number of aryl methyl sites for hydroxylation is 1. The van der Waals surface area contributed by atoms with Crippen molar-refractivity contribution >= 4 is 11.6 Å². The fraction of sp³-hybridized carbons (Fsp3) is 0.0952. The maximum absolute atomic E-state index is 12.6. The lowest BCUT2D eigenvalue weighted by atomic mass is 10.1. The molecule has 4 aromatic rings. The highest BCUT2D eigenvalue weighted by Crippen LogP contribution is 2.20. The van der Waals surface area contributed by atoms with Crippen molar-refractivity contribution in [2.45, 2.75) is 13.5 Å². The number of aromatic nitrogens is 3. The Balaban J connectivity index is 1.61. The third kappa shape index (κ3) is 3.07. The standard InChI is InChI=1S/C21H18N4O/c1-15-7-9-16(10-8-15)13-23-21(26)18-14-24-25-19(11-12-22-20(18)25)17-5-3-2-4-6-17/h2-12,14H,13H2,1H3,(H,23,26). The summed E-state index contributed by atoms with van der Waals surface area (Å²) in [7, 11) is 0. The van der Waals surface area contributed by atoms with E-state index in [-0.39, 0.29) is 5.91 Å². The van der Waals surface area contributed by atoms with Gasteiger partial charge in [-0.2, -0.15) is 5.10 Å². The minimum absolute atomic E-state index is 0.182. The number of nitrogens with zero attached hydrogens (tertiary/aromatic N) is 3. The summed E-state index contributed by atoms with van der Waals surface area (Å²) in [5, 5.41) is 7.32. The molecule has 0 fully saturated rings. The maximum Gasteiger partial charge on any atom is 0.257 e. The van der Waals surface area contributed by atoms with Crippen molar-refractivity contribution in [2.75, 3.05) is 0 Å². The van der Waals surface area contributed by atoms with E-state index < -0.39 is 0 Å². The summed E-state index contributed by atoms with van der Waals surface area (Å²) in [5.41, 5.74) is 5.18. The van der Waals surface area contributed by atoms with Gasteiger partial charge in [-0.3, -0.25) is 4.79 Å². The van der Waals surface area contributed by atoms with Gasteiger partial charge in [0.1, 0.15) is 5.56 Å². The monoisotopic (exact) mass is 342 g/mol. The quantitative estimate of drug-likeness (QED) is 0.616. The number of nitrogens with one attached hydrogen (secondary N) is 1. The maximum atomic E-state index is 12.6. The fourth-order valence-corrected chi connectivity index (χ4v) is 2.86. The van der Waals surface area contributed by atoms with Gasteiger partial charge in [-0.05, 0) is 18.6 Å². The van der Waals surface area contributed by atoms with Crippen LogP contribution in [0.25, 0.3) is 16.9 Å². The second-order valence-electron chi connectivity index (χ2n) is 6.16. The van der Waals surface area contributed by atoms with Gasteiger partial charge in [0, 0.05) is 18.3 Å². The molecule has 0 saturated heterocycles. The predicted molar refractivity (Wildman–Crippen MR) is 101 cm³/mol. The van der Waals surface area contributed by atoms with Crippen molar-refractivity contribution in [2.24, 2.45) is 0 Å². The van der Waals surface area contributed by atoms with Crippen LogP contribution in [0.5, 0.6) is 0 Å². The zero-order valence-corrected chi connectivity index (χ0v) is 14.4. The lowest BCUT2D eigenvalue weighted by molar-refractivity contribution is 0.0952. The van der Waals surface area contributed by atoms with E-state index in [0.717, 1.165) is 16.8 Å². The molecule has 26 heavy (non-hydrogen) atoms. The average molecular weight is 342 g/mol. The van der Waals surface area contributed by atoms with Crippen LogP contribution in [0.2, 0.25) is 0 Å². The molecule has 0 aliphatic rings. The molecule has 128 valence electrons. The summed E-state index contributed by atoms with van der Waals surface area (Å²) in [4.78, 5) is 17.0. The summed E-state index contributed by atoms with van der Waals surface area (Å²) < 4.78 is 1.70. The molecule has 1 N–H and O–H groups in total. The third-order valence-corrected chi connectivity index (χ3v) is 4.29. The summed E-state index contributed by atoms with van der Waals surface area (Å²) in [6.45, 7) is 2.51. The summed E-state index contributed by atoms with van der Waals surface area (Å²) >= 11 is 0. The Labute approximate surface area is 151 Å². The fourth-order valence-electron chi connectivity index (χ4n) is 2.86. The Morgan fingerprint density at radius 2 is 1.81 bits per heavy atom. The van der Waals surface area contributed by atoms with E-state index in [1.165, 1.54) is 5.56 Å². The predicted octanol–water partition coefficient (Wildman–Crippen LogP) is 3.63. The first-order valence-electron chi connectivity index (χ1n) is 8.44. The summed E-state index contributed by atoms with van der Waals surface area (Å²) in [6.07, 6.45) is 3.27. The molecule has 4 rings (SSSR count). The molecule has 0 atom stereocenters. The summed E-state index contributed by atoms with van der Waals surface area (Å²) in [6, 6.07) is 19.9. The molecule has 0 aliphatic carbocycles. The van der Waals surface area contributed by atoms with E-state index in [4.69, 9.17) is 0 Å². The molecule has 5 heteroatoms. The minimum atomic E-state index is -0.182. The van der Waals surface area contributed by atoms with Gasteiger partial charge in [-0.1, -0.05) is 60.2 Å². The first kappa shape index (κ1) is 16.0. The van der Waals surface area contributed by atoms with Gasteiger partial charge in [0.05, 0.1) is 11.9 Å². The molecule has 2 aromatic heterocycles. The first-order valence-corrected chi connectivity index (χ1v) is 8.44. The Hall–Kier alpha value is -3.47. The van der Waals surface area contributed by atoms with Gasteiger partial charge >= 0.3 is 0 Å². The molecule has 2 heterocycles. The second kappa shape index (κ2) is 6.80. The molecule has 0 radical (unpaired) electrons. The Morgan fingerprint density at radius 3 is 2.58 bits per heavy atom. The summed E-state index contributed by atoms with van der Waals surface area (Å²) in [5.74, 6) is -0.182. The van der Waals surface area contributed by atoms with Crippen molar-refractivity contribution in [3.8, 4) is 11.3 Å². The largest absolute Gasteiger partial charge is 0.348 e. The molecule has 0 unspecified atom stereocenters. The minimum Gasteiger partial charge on any atom is -0.348 e. The number of fused-ring (bicyclic) bond motifs is 1. The van der Waals surface area contributed by atoms with Gasteiger partial charge in [0.2, 0.25) is 0 Å². The van der Waals surface area contributed by atoms with Crippen LogP contribution in [0.4, 0.5) is 0 Å². The molecule has 0 spiro atoms. The van der Waals surface area contributed by atoms with Crippen LogP contribution < -0.4 is 5.32 Å². The van der Waals surface area contributed by atoms with E-state index in [2.05, 4.69) is 15.4 Å². The molecular weight excluding hydrogens is 324 g/mol. The molecule has 2 aromatic carbocycles. The number of carbonyl (C=O) groups is 1. The zero-order valence-electron chi connectivity index (χ0n) is 14.4. The van der Waals surface area contributed by atoms with Crippen molar-refractivity contribution in [1.29, 1.82) is 0 Å². The van der Waals surface area contributed by atoms with Gasteiger partial charge in [-0.15, -0.1) is 0 Å².